The zero-order chi connectivity index (χ0) is 13.0. The first kappa shape index (κ1) is 13.5. The fraction of sp³-hybridized carbons (Fsp3) is 0.667. The Morgan fingerprint density at radius 3 is 2.67 bits per heavy atom. The van der Waals surface area contributed by atoms with E-state index in [1.807, 2.05) is 32.2 Å². The summed E-state index contributed by atoms with van der Waals surface area (Å²) in [7, 11) is 0. The fourth-order valence-electron chi connectivity index (χ4n) is 2.33. The van der Waals surface area contributed by atoms with Gasteiger partial charge in [-0.1, -0.05) is 26.3 Å². The van der Waals surface area contributed by atoms with Gasteiger partial charge in [-0.3, -0.25) is 4.98 Å². The van der Waals surface area contributed by atoms with Crippen LogP contribution in [0.5, 0.6) is 0 Å². The van der Waals surface area contributed by atoms with E-state index in [1.54, 1.807) is 0 Å². The maximum Gasteiger partial charge on any atom is 0.0687 e. The lowest BCUT2D eigenvalue weighted by Gasteiger charge is -2.35. The van der Waals surface area contributed by atoms with Gasteiger partial charge in [-0.15, -0.1) is 0 Å². The third-order valence-electron chi connectivity index (χ3n) is 3.94. The standard InChI is InChI=1S/C15H24N2O/c1-11(2)14(18)10-17-15(12-6-5-7-12)13-8-3-4-9-16-13/h3-4,8-9,11-12,14-15,17-18H,5-7,10H2,1-2H3. The molecule has 18 heavy (non-hydrogen) atoms. The number of aliphatic hydroxyl groups excluding tert-OH is 1. The molecule has 0 bridgehead atoms. The van der Waals surface area contributed by atoms with Crippen molar-refractivity contribution in [3.05, 3.63) is 30.1 Å². The molecule has 0 amide bonds. The van der Waals surface area contributed by atoms with Crippen molar-refractivity contribution in [3.8, 4) is 0 Å². The molecule has 3 nitrogen and oxygen atoms in total. The number of aliphatic hydroxyl groups is 1. The highest BCUT2D eigenvalue weighted by atomic mass is 16.3. The van der Waals surface area contributed by atoms with E-state index in [0.29, 0.717) is 24.4 Å². The zero-order valence-corrected chi connectivity index (χ0v) is 11.3. The van der Waals surface area contributed by atoms with Crippen molar-refractivity contribution in [2.45, 2.75) is 45.3 Å². The summed E-state index contributed by atoms with van der Waals surface area (Å²) < 4.78 is 0. The van der Waals surface area contributed by atoms with Gasteiger partial charge in [0.25, 0.3) is 0 Å². The molecule has 0 radical (unpaired) electrons. The van der Waals surface area contributed by atoms with Crippen LogP contribution in [0.1, 0.15) is 44.8 Å². The van der Waals surface area contributed by atoms with Crippen LogP contribution in [0, 0.1) is 11.8 Å². The van der Waals surface area contributed by atoms with Gasteiger partial charge in [-0.2, -0.15) is 0 Å². The highest BCUT2D eigenvalue weighted by Crippen LogP contribution is 2.36. The maximum atomic E-state index is 9.91. The second-order valence-corrected chi connectivity index (χ2v) is 5.64. The third kappa shape index (κ3) is 3.30. The van der Waals surface area contributed by atoms with Gasteiger partial charge in [0.15, 0.2) is 0 Å². The average Bonchev–Trinajstić information content (AvgIpc) is 2.32. The maximum absolute atomic E-state index is 9.91. The van der Waals surface area contributed by atoms with Crippen molar-refractivity contribution >= 4 is 0 Å². The van der Waals surface area contributed by atoms with Gasteiger partial charge in [-0.25, -0.2) is 0 Å². The monoisotopic (exact) mass is 248 g/mol. The van der Waals surface area contributed by atoms with Crippen molar-refractivity contribution in [2.24, 2.45) is 11.8 Å². The van der Waals surface area contributed by atoms with Gasteiger partial charge < -0.3 is 10.4 Å². The number of hydrogen-bond acceptors (Lipinski definition) is 3. The normalized spacial score (nSPS) is 19.6. The van der Waals surface area contributed by atoms with Crippen LogP contribution in [0.4, 0.5) is 0 Å². The highest BCUT2D eigenvalue weighted by molar-refractivity contribution is 5.11. The Bertz CT molecular complexity index is 349. The molecular formula is C15H24N2O. The minimum Gasteiger partial charge on any atom is -0.392 e. The van der Waals surface area contributed by atoms with E-state index in [4.69, 9.17) is 0 Å². The van der Waals surface area contributed by atoms with Gasteiger partial charge in [0.05, 0.1) is 17.8 Å². The van der Waals surface area contributed by atoms with Gasteiger partial charge >= 0.3 is 0 Å². The first-order valence-electron chi connectivity index (χ1n) is 7.01. The van der Waals surface area contributed by atoms with Crippen LogP contribution in [-0.2, 0) is 0 Å². The van der Waals surface area contributed by atoms with Gasteiger partial charge in [-0.05, 0) is 36.8 Å². The van der Waals surface area contributed by atoms with Gasteiger partial charge in [0, 0.05) is 12.7 Å². The van der Waals surface area contributed by atoms with E-state index in [9.17, 15) is 5.11 Å². The number of hydrogen-bond donors (Lipinski definition) is 2. The summed E-state index contributed by atoms with van der Waals surface area (Å²) in [4.78, 5) is 4.46. The molecular weight excluding hydrogens is 224 g/mol. The molecule has 2 rings (SSSR count). The molecule has 2 N–H and O–H groups in total. The van der Waals surface area contributed by atoms with Gasteiger partial charge in [0.1, 0.15) is 0 Å². The SMILES string of the molecule is CC(C)C(O)CNC(c1ccccn1)C1CCC1. The highest BCUT2D eigenvalue weighted by Gasteiger charge is 2.29. The zero-order valence-electron chi connectivity index (χ0n) is 11.3. The molecule has 3 heteroatoms. The molecule has 2 atom stereocenters. The van der Waals surface area contributed by atoms with Crippen LogP contribution in [0.15, 0.2) is 24.4 Å². The van der Waals surface area contributed by atoms with Crippen LogP contribution in [0.3, 0.4) is 0 Å². The first-order chi connectivity index (χ1) is 8.68. The molecule has 1 aromatic rings. The van der Waals surface area contributed by atoms with Crippen LogP contribution >= 0.6 is 0 Å². The molecule has 0 saturated heterocycles. The molecule has 0 aromatic carbocycles. The average molecular weight is 248 g/mol. The number of rotatable bonds is 6. The molecule has 1 fully saturated rings. The van der Waals surface area contributed by atoms with E-state index in [2.05, 4.69) is 16.4 Å². The smallest absolute Gasteiger partial charge is 0.0687 e. The number of pyridine rings is 1. The quantitative estimate of drug-likeness (QED) is 0.813. The predicted octanol–water partition coefficient (Wildman–Crippen LogP) is 2.53. The van der Waals surface area contributed by atoms with Crippen molar-refractivity contribution < 1.29 is 5.11 Å². The number of nitrogens with zero attached hydrogens (tertiary/aromatic N) is 1. The second-order valence-electron chi connectivity index (χ2n) is 5.64. The Balaban J connectivity index is 1.98. The second kappa shape index (κ2) is 6.30. The van der Waals surface area contributed by atoms with Crippen LogP contribution in [-0.4, -0.2) is 22.7 Å². The molecule has 1 aliphatic carbocycles. The minimum absolute atomic E-state index is 0.281. The molecule has 1 aromatic heterocycles. The van der Waals surface area contributed by atoms with Crippen molar-refractivity contribution in [1.29, 1.82) is 0 Å². The fourth-order valence-corrected chi connectivity index (χ4v) is 2.33. The molecule has 0 aliphatic heterocycles. The Morgan fingerprint density at radius 1 is 1.39 bits per heavy atom. The van der Waals surface area contributed by atoms with Crippen molar-refractivity contribution in [1.82, 2.24) is 10.3 Å². The van der Waals surface area contributed by atoms with E-state index in [0.717, 1.165) is 5.69 Å². The Morgan fingerprint density at radius 2 is 2.17 bits per heavy atom. The third-order valence-corrected chi connectivity index (χ3v) is 3.94. The van der Waals surface area contributed by atoms with E-state index >= 15 is 0 Å². The lowest BCUT2D eigenvalue weighted by atomic mass is 9.78. The van der Waals surface area contributed by atoms with E-state index in [1.165, 1.54) is 19.3 Å². The summed E-state index contributed by atoms with van der Waals surface area (Å²) in [6.45, 7) is 4.74. The molecule has 1 saturated carbocycles. The minimum atomic E-state index is -0.281. The lowest BCUT2D eigenvalue weighted by Crippen LogP contribution is -2.38. The van der Waals surface area contributed by atoms with Crippen LogP contribution in [0.2, 0.25) is 0 Å². The summed E-state index contributed by atoms with van der Waals surface area (Å²) in [6, 6.07) is 6.37. The molecule has 2 unspecified atom stereocenters. The summed E-state index contributed by atoms with van der Waals surface area (Å²) in [5, 5.41) is 13.4. The molecule has 1 aliphatic rings. The Hall–Kier alpha value is -0.930. The summed E-state index contributed by atoms with van der Waals surface area (Å²) in [6.07, 6.45) is 5.43. The Labute approximate surface area is 110 Å². The summed E-state index contributed by atoms with van der Waals surface area (Å²) >= 11 is 0. The van der Waals surface area contributed by atoms with E-state index < -0.39 is 0 Å². The van der Waals surface area contributed by atoms with Crippen LogP contribution < -0.4 is 5.32 Å². The van der Waals surface area contributed by atoms with Crippen LogP contribution in [0.25, 0.3) is 0 Å². The largest absolute Gasteiger partial charge is 0.392 e. The molecule has 100 valence electrons. The molecule has 1 heterocycles. The lowest BCUT2D eigenvalue weighted by molar-refractivity contribution is 0.110. The number of aromatic nitrogens is 1. The number of nitrogens with one attached hydrogen (secondary N) is 1. The Kier molecular flexibility index (Phi) is 4.72. The van der Waals surface area contributed by atoms with Crippen molar-refractivity contribution in [2.75, 3.05) is 6.54 Å². The van der Waals surface area contributed by atoms with Crippen molar-refractivity contribution in [3.63, 3.8) is 0 Å². The summed E-state index contributed by atoms with van der Waals surface area (Å²) in [5.74, 6) is 0.975. The topological polar surface area (TPSA) is 45.1 Å². The first-order valence-corrected chi connectivity index (χ1v) is 7.01. The predicted molar refractivity (Wildman–Crippen MR) is 73.2 cm³/mol. The molecule has 0 spiro atoms. The summed E-state index contributed by atoms with van der Waals surface area (Å²) in [5.41, 5.74) is 1.11. The van der Waals surface area contributed by atoms with Gasteiger partial charge in [0.2, 0.25) is 0 Å². The van der Waals surface area contributed by atoms with E-state index in [-0.39, 0.29) is 6.10 Å².